The number of aromatic nitrogens is 1. The molecule has 0 fully saturated rings. The summed E-state index contributed by atoms with van der Waals surface area (Å²) in [6.07, 6.45) is -9.98. The number of nitrogens with zero attached hydrogens (tertiary/aromatic N) is 1. The van der Waals surface area contributed by atoms with Gasteiger partial charge in [-0.15, -0.1) is 0 Å². The minimum absolute atomic E-state index is 0.0211. The van der Waals surface area contributed by atoms with Crippen LogP contribution in [-0.2, 0) is 18.9 Å². The lowest BCUT2D eigenvalue weighted by atomic mass is 10.0. The van der Waals surface area contributed by atoms with Crippen molar-refractivity contribution >= 4 is 0 Å². The number of aromatic hydroxyl groups is 1. The van der Waals surface area contributed by atoms with E-state index in [1.54, 1.807) is 0 Å². The molecule has 0 aliphatic heterocycles. The number of oxazole rings is 1. The molecule has 0 aliphatic rings. The summed E-state index contributed by atoms with van der Waals surface area (Å²) in [4.78, 5) is 11.4. The fourth-order valence-corrected chi connectivity index (χ4v) is 1.94. The molecule has 0 bridgehead atoms. The number of hydrogen-bond acceptors (Lipinski definition) is 3. The monoisotopic (exact) mass is 341 g/mol. The Hall–Kier alpha value is -2.39. The molecule has 0 amide bonds. The van der Waals surface area contributed by atoms with Gasteiger partial charge >= 0.3 is 18.1 Å². The SMILES string of the molecule is Cc1oc(=O)n(Cc2cc(C(F)(F)F)cc(C(F)(F)F)c2)c1O. The van der Waals surface area contributed by atoms with Gasteiger partial charge in [-0.3, -0.25) is 0 Å². The fraction of sp³-hybridized carbons (Fsp3) is 0.308. The van der Waals surface area contributed by atoms with Crippen molar-refractivity contribution in [2.45, 2.75) is 25.8 Å². The Morgan fingerprint density at radius 3 is 1.87 bits per heavy atom. The summed E-state index contributed by atoms with van der Waals surface area (Å²) >= 11 is 0. The van der Waals surface area contributed by atoms with Crippen LogP contribution in [0, 0.1) is 6.92 Å². The first kappa shape index (κ1) is 17.0. The molecule has 1 aromatic heterocycles. The zero-order valence-corrected chi connectivity index (χ0v) is 11.4. The summed E-state index contributed by atoms with van der Waals surface area (Å²) in [6, 6.07) is 0.930. The third kappa shape index (κ3) is 3.51. The lowest BCUT2D eigenvalue weighted by molar-refractivity contribution is -0.143. The summed E-state index contributed by atoms with van der Waals surface area (Å²) in [6.45, 7) is 0.523. The zero-order chi connectivity index (χ0) is 17.6. The quantitative estimate of drug-likeness (QED) is 0.850. The van der Waals surface area contributed by atoms with Crippen molar-refractivity contribution in [2.75, 3.05) is 0 Å². The van der Waals surface area contributed by atoms with Gasteiger partial charge in [-0.05, 0) is 30.7 Å². The van der Waals surface area contributed by atoms with Crippen LogP contribution in [0.5, 0.6) is 5.88 Å². The van der Waals surface area contributed by atoms with E-state index in [-0.39, 0.29) is 11.8 Å². The normalized spacial score (nSPS) is 12.7. The molecule has 1 N–H and O–H groups in total. The highest BCUT2D eigenvalue weighted by atomic mass is 19.4. The molecular weight excluding hydrogens is 332 g/mol. The van der Waals surface area contributed by atoms with Crippen molar-refractivity contribution in [3.63, 3.8) is 0 Å². The van der Waals surface area contributed by atoms with Crippen LogP contribution >= 0.6 is 0 Å². The lowest BCUT2D eigenvalue weighted by Crippen LogP contribution is -2.17. The standard InChI is InChI=1S/C13H9F6NO3/c1-6-10(21)20(11(22)23-6)5-7-2-8(12(14,15)16)4-9(3-7)13(17,18)19/h2-4,21H,5H2,1H3. The molecule has 2 rings (SSSR count). The van der Waals surface area contributed by atoms with Crippen LogP contribution < -0.4 is 5.76 Å². The highest BCUT2D eigenvalue weighted by Crippen LogP contribution is 2.36. The molecule has 0 aliphatic carbocycles. The van der Waals surface area contributed by atoms with E-state index in [1.807, 2.05) is 0 Å². The van der Waals surface area contributed by atoms with Crippen LogP contribution in [0.25, 0.3) is 0 Å². The van der Waals surface area contributed by atoms with Crippen LogP contribution in [0.2, 0.25) is 0 Å². The van der Waals surface area contributed by atoms with E-state index in [4.69, 9.17) is 0 Å². The maximum Gasteiger partial charge on any atom is 0.422 e. The molecule has 0 unspecified atom stereocenters. The summed E-state index contributed by atoms with van der Waals surface area (Å²) in [5.74, 6) is -1.95. The molecule has 2 aromatic rings. The van der Waals surface area contributed by atoms with Crippen molar-refractivity contribution in [3.05, 3.63) is 51.2 Å². The summed E-state index contributed by atoms with van der Waals surface area (Å²) in [7, 11) is 0. The molecule has 10 heteroatoms. The van der Waals surface area contributed by atoms with Gasteiger partial charge in [0.2, 0.25) is 5.88 Å². The van der Waals surface area contributed by atoms with Crippen LogP contribution in [0.4, 0.5) is 26.3 Å². The van der Waals surface area contributed by atoms with Gasteiger partial charge in [-0.25, -0.2) is 9.36 Å². The van der Waals surface area contributed by atoms with Gasteiger partial charge in [0, 0.05) is 0 Å². The Morgan fingerprint density at radius 2 is 1.52 bits per heavy atom. The van der Waals surface area contributed by atoms with Crippen molar-refractivity contribution in [1.29, 1.82) is 0 Å². The van der Waals surface area contributed by atoms with E-state index >= 15 is 0 Å². The zero-order valence-electron chi connectivity index (χ0n) is 11.4. The molecule has 0 saturated carbocycles. The Bertz CT molecular complexity index is 752. The van der Waals surface area contributed by atoms with E-state index in [9.17, 15) is 36.2 Å². The first-order valence-electron chi connectivity index (χ1n) is 6.07. The largest absolute Gasteiger partial charge is 0.492 e. The summed E-state index contributed by atoms with van der Waals surface area (Å²) < 4.78 is 81.5. The van der Waals surface area contributed by atoms with E-state index in [0.29, 0.717) is 16.7 Å². The summed E-state index contributed by atoms with van der Waals surface area (Å²) in [5, 5.41) is 9.56. The number of hydrogen-bond donors (Lipinski definition) is 1. The molecule has 23 heavy (non-hydrogen) atoms. The second-order valence-electron chi connectivity index (χ2n) is 4.75. The van der Waals surface area contributed by atoms with Gasteiger partial charge in [0.05, 0.1) is 17.7 Å². The minimum Gasteiger partial charge on any atom is -0.492 e. The van der Waals surface area contributed by atoms with Crippen molar-refractivity contribution in [2.24, 2.45) is 0 Å². The molecule has 1 aromatic carbocycles. The molecule has 126 valence electrons. The first-order chi connectivity index (χ1) is 10.4. The molecule has 0 radical (unpaired) electrons. The maximum absolute atomic E-state index is 12.7. The smallest absolute Gasteiger partial charge is 0.422 e. The van der Waals surface area contributed by atoms with Gasteiger partial charge in [0.25, 0.3) is 0 Å². The lowest BCUT2D eigenvalue weighted by Gasteiger charge is -2.14. The van der Waals surface area contributed by atoms with E-state index in [2.05, 4.69) is 4.42 Å². The Morgan fingerprint density at radius 1 is 1.04 bits per heavy atom. The van der Waals surface area contributed by atoms with Crippen LogP contribution in [0.1, 0.15) is 22.5 Å². The second-order valence-corrected chi connectivity index (χ2v) is 4.75. The number of benzene rings is 1. The molecule has 4 nitrogen and oxygen atoms in total. The molecule has 1 heterocycles. The average Bonchev–Trinajstić information content (AvgIpc) is 2.63. The van der Waals surface area contributed by atoms with Crippen molar-refractivity contribution in [1.82, 2.24) is 4.57 Å². The third-order valence-electron chi connectivity index (χ3n) is 3.02. The first-order valence-corrected chi connectivity index (χ1v) is 6.07. The molecule has 0 spiro atoms. The van der Waals surface area contributed by atoms with E-state index in [0.717, 1.165) is 0 Å². The predicted octanol–water partition coefficient (Wildman–Crippen LogP) is 3.54. The number of alkyl halides is 6. The van der Waals surface area contributed by atoms with Crippen molar-refractivity contribution < 1.29 is 35.9 Å². The Labute approximate surface area is 124 Å². The van der Waals surface area contributed by atoms with Gasteiger partial charge in [0.15, 0.2) is 5.76 Å². The summed E-state index contributed by atoms with van der Waals surface area (Å²) in [5.41, 5.74) is -3.46. The van der Waals surface area contributed by atoms with Gasteiger partial charge in [0.1, 0.15) is 0 Å². The minimum atomic E-state index is -4.99. The van der Waals surface area contributed by atoms with E-state index in [1.165, 1.54) is 6.92 Å². The molecular formula is C13H9F6NO3. The van der Waals surface area contributed by atoms with E-state index < -0.39 is 47.2 Å². The van der Waals surface area contributed by atoms with Gasteiger partial charge in [-0.2, -0.15) is 26.3 Å². The highest BCUT2D eigenvalue weighted by molar-refractivity contribution is 5.34. The number of aryl methyl sites for hydroxylation is 1. The molecule has 0 saturated heterocycles. The Kier molecular flexibility index (Phi) is 3.95. The predicted molar refractivity (Wildman–Crippen MR) is 64.9 cm³/mol. The van der Waals surface area contributed by atoms with Crippen LogP contribution in [-0.4, -0.2) is 9.67 Å². The number of halogens is 6. The van der Waals surface area contributed by atoms with Gasteiger partial charge < -0.3 is 9.52 Å². The third-order valence-corrected chi connectivity index (χ3v) is 3.02. The Balaban J connectivity index is 2.56. The average molecular weight is 341 g/mol. The topological polar surface area (TPSA) is 55.4 Å². The maximum atomic E-state index is 12.7. The van der Waals surface area contributed by atoms with Crippen molar-refractivity contribution in [3.8, 4) is 5.88 Å². The van der Waals surface area contributed by atoms with Crippen LogP contribution in [0.3, 0.4) is 0 Å². The molecule has 0 atom stereocenters. The van der Waals surface area contributed by atoms with Crippen LogP contribution in [0.15, 0.2) is 27.4 Å². The highest BCUT2D eigenvalue weighted by Gasteiger charge is 2.37. The number of rotatable bonds is 2. The fourth-order valence-electron chi connectivity index (χ4n) is 1.94. The second kappa shape index (κ2) is 5.36. The van der Waals surface area contributed by atoms with Gasteiger partial charge in [-0.1, -0.05) is 0 Å².